The van der Waals surface area contributed by atoms with Crippen LogP contribution in [0.1, 0.15) is 27.7 Å². The molecule has 0 aliphatic carbocycles. The first-order valence-electron chi connectivity index (χ1n) is 4.46. The lowest BCUT2D eigenvalue weighted by atomic mass is 10.6. The smallest absolute Gasteiger partial charge is 0.0556 e. The third-order valence-corrected chi connectivity index (χ3v) is 9.47. The number of hydrogen-bond donors (Lipinski definition) is 0. The molecule has 0 aromatic carbocycles. The Bertz CT molecular complexity index is 74.5. The average molecular weight is 157 g/mol. The van der Waals surface area contributed by atoms with Gasteiger partial charge in [-0.1, -0.05) is 52.8 Å². The fourth-order valence-corrected chi connectivity index (χ4v) is 5.39. The normalized spacial score (nSPS) is 12.6. The van der Waals surface area contributed by atoms with E-state index in [0.29, 0.717) is 0 Å². The monoisotopic (exact) mass is 157 g/mol. The lowest BCUT2D eigenvalue weighted by molar-refractivity contribution is 1.01. The Kier molecular flexibility index (Phi) is 4.26. The Hall–Kier alpha value is 0.217. The predicted octanol–water partition coefficient (Wildman–Crippen LogP) is 3.72. The van der Waals surface area contributed by atoms with Gasteiger partial charge in [-0.2, -0.15) is 0 Å². The molecule has 0 amide bonds. The second-order valence-electron chi connectivity index (χ2n) is 3.32. The van der Waals surface area contributed by atoms with Crippen molar-refractivity contribution in [2.75, 3.05) is 0 Å². The molecule has 0 aliphatic rings. The Balaban J connectivity index is 4.15. The van der Waals surface area contributed by atoms with Gasteiger partial charge in [-0.25, -0.2) is 0 Å². The van der Waals surface area contributed by atoms with E-state index < -0.39 is 8.07 Å². The first-order valence-corrected chi connectivity index (χ1v) is 7.15. The van der Waals surface area contributed by atoms with Crippen LogP contribution in [-0.2, 0) is 0 Å². The summed E-state index contributed by atoms with van der Waals surface area (Å²) in [5.74, 6) is 0. The van der Waals surface area contributed by atoms with Crippen molar-refractivity contribution < 1.29 is 0 Å². The van der Waals surface area contributed by atoms with Crippen molar-refractivity contribution in [1.29, 1.82) is 0 Å². The fourth-order valence-electron chi connectivity index (χ4n) is 1.80. The summed E-state index contributed by atoms with van der Waals surface area (Å²) in [6.07, 6.45) is 0. The molecule has 0 nitrogen and oxygen atoms in total. The summed E-state index contributed by atoms with van der Waals surface area (Å²) in [4.78, 5) is 0. The molecule has 0 rings (SSSR count). The lowest BCUT2D eigenvalue weighted by Gasteiger charge is -2.32. The van der Waals surface area contributed by atoms with Gasteiger partial charge in [0.1, 0.15) is 0 Å². The molecule has 0 fully saturated rings. The Morgan fingerprint density at radius 1 is 1.10 bits per heavy atom. The molecule has 61 valence electrons. The SMILES string of the molecule is [CH2]C(C)[Si](CC)(CC)CC. The van der Waals surface area contributed by atoms with Crippen LogP contribution in [0, 0.1) is 6.92 Å². The highest BCUT2D eigenvalue weighted by Gasteiger charge is 2.29. The van der Waals surface area contributed by atoms with Gasteiger partial charge in [-0.15, -0.1) is 0 Å². The van der Waals surface area contributed by atoms with Gasteiger partial charge in [-0.3, -0.25) is 0 Å². The number of hydrogen-bond acceptors (Lipinski definition) is 0. The molecule has 0 aromatic rings. The molecule has 0 aromatic heterocycles. The largest absolute Gasteiger partial charge is 0.0678 e. The maximum Gasteiger partial charge on any atom is 0.0556 e. The van der Waals surface area contributed by atoms with Crippen LogP contribution in [0.4, 0.5) is 0 Å². The van der Waals surface area contributed by atoms with Gasteiger partial charge in [0, 0.05) is 0 Å². The Morgan fingerprint density at radius 3 is 1.40 bits per heavy atom. The van der Waals surface area contributed by atoms with Gasteiger partial charge < -0.3 is 0 Å². The van der Waals surface area contributed by atoms with Crippen molar-refractivity contribution in [1.82, 2.24) is 0 Å². The van der Waals surface area contributed by atoms with Gasteiger partial charge >= 0.3 is 0 Å². The third kappa shape index (κ3) is 1.85. The zero-order chi connectivity index (χ0) is 8.20. The van der Waals surface area contributed by atoms with Crippen molar-refractivity contribution in [2.45, 2.75) is 51.4 Å². The third-order valence-electron chi connectivity index (χ3n) is 3.16. The first-order chi connectivity index (χ1) is 4.63. The predicted molar refractivity (Wildman–Crippen MR) is 52.0 cm³/mol. The Morgan fingerprint density at radius 2 is 1.40 bits per heavy atom. The van der Waals surface area contributed by atoms with E-state index in [1.54, 1.807) is 0 Å². The minimum Gasteiger partial charge on any atom is -0.0678 e. The van der Waals surface area contributed by atoms with E-state index in [1.165, 1.54) is 18.1 Å². The maximum absolute atomic E-state index is 4.19. The molecule has 0 bridgehead atoms. The highest BCUT2D eigenvalue weighted by Crippen LogP contribution is 2.31. The number of rotatable bonds is 4. The quantitative estimate of drug-likeness (QED) is 0.546. The minimum absolute atomic E-state index is 0.729. The summed E-state index contributed by atoms with van der Waals surface area (Å²) < 4.78 is 0. The van der Waals surface area contributed by atoms with Crippen molar-refractivity contribution in [3.63, 3.8) is 0 Å². The second kappa shape index (κ2) is 4.17. The lowest BCUT2D eigenvalue weighted by Crippen LogP contribution is -2.34. The van der Waals surface area contributed by atoms with E-state index in [1.807, 2.05) is 0 Å². The molecule has 1 unspecified atom stereocenters. The van der Waals surface area contributed by atoms with E-state index in [9.17, 15) is 0 Å². The van der Waals surface area contributed by atoms with Crippen LogP contribution in [0.3, 0.4) is 0 Å². The molecule has 10 heavy (non-hydrogen) atoms. The zero-order valence-electron chi connectivity index (χ0n) is 7.91. The van der Waals surface area contributed by atoms with E-state index in [0.717, 1.165) is 5.54 Å². The summed E-state index contributed by atoms with van der Waals surface area (Å²) in [6, 6.07) is 4.22. The van der Waals surface area contributed by atoms with Gasteiger partial charge in [0.2, 0.25) is 0 Å². The maximum atomic E-state index is 4.19. The molecule has 0 N–H and O–H groups in total. The molecule has 0 saturated heterocycles. The molecule has 1 heteroatoms. The summed E-state index contributed by atoms with van der Waals surface area (Å²) >= 11 is 0. The topological polar surface area (TPSA) is 0 Å². The van der Waals surface area contributed by atoms with Gasteiger partial charge in [0.05, 0.1) is 8.07 Å². The molecule has 1 radical (unpaired) electrons. The standard InChI is InChI=1S/C9H21Si/c1-6-10(7-2,8-3)9(4)5/h9H,4,6-8H2,1-3,5H3. The molecule has 1 atom stereocenters. The van der Waals surface area contributed by atoms with E-state index >= 15 is 0 Å². The fraction of sp³-hybridized carbons (Fsp3) is 0.889. The van der Waals surface area contributed by atoms with Crippen LogP contribution < -0.4 is 0 Å². The Labute approximate surface area is 67.0 Å². The van der Waals surface area contributed by atoms with Crippen molar-refractivity contribution in [2.24, 2.45) is 0 Å². The van der Waals surface area contributed by atoms with E-state index in [-0.39, 0.29) is 0 Å². The molecule has 0 spiro atoms. The van der Waals surface area contributed by atoms with Crippen LogP contribution in [0.15, 0.2) is 0 Å². The molecule has 0 saturated carbocycles. The van der Waals surface area contributed by atoms with Crippen LogP contribution in [0.25, 0.3) is 0 Å². The van der Waals surface area contributed by atoms with Crippen LogP contribution >= 0.6 is 0 Å². The zero-order valence-corrected chi connectivity index (χ0v) is 8.91. The van der Waals surface area contributed by atoms with Crippen molar-refractivity contribution in [3.05, 3.63) is 6.92 Å². The summed E-state index contributed by atoms with van der Waals surface area (Å²) in [6.45, 7) is 13.5. The van der Waals surface area contributed by atoms with Crippen molar-refractivity contribution in [3.8, 4) is 0 Å². The first kappa shape index (κ1) is 10.2. The van der Waals surface area contributed by atoms with Crippen molar-refractivity contribution >= 4 is 8.07 Å². The van der Waals surface area contributed by atoms with Crippen LogP contribution in [0.2, 0.25) is 23.7 Å². The molecule has 0 heterocycles. The average Bonchev–Trinajstić information content (AvgIpc) is 1.92. The van der Waals surface area contributed by atoms with Crippen LogP contribution in [0.5, 0.6) is 0 Å². The highest BCUT2D eigenvalue weighted by atomic mass is 28.3. The van der Waals surface area contributed by atoms with E-state index in [4.69, 9.17) is 0 Å². The van der Waals surface area contributed by atoms with Gasteiger partial charge in [0.15, 0.2) is 0 Å². The van der Waals surface area contributed by atoms with Gasteiger partial charge in [0.25, 0.3) is 0 Å². The summed E-state index contributed by atoms with van der Waals surface area (Å²) in [5, 5.41) is 0. The minimum atomic E-state index is -0.906. The summed E-state index contributed by atoms with van der Waals surface area (Å²) in [5.41, 5.74) is 0.729. The van der Waals surface area contributed by atoms with Gasteiger partial charge in [-0.05, 0) is 5.54 Å². The molecular weight excluding hydrogens is 136 g/mol. The summed E-state index contributed by atoms with van der Waals surface area (Å²) in [7, 11) is -0.906. The molecular formula is C9H21Si. The second-order valence-corrected chi connectivity index (χ2v) is 9.16. The van der Waals surface area contributed by atoms with E-state index in [2.05, 4.69) is 34.6 Å². The molecule has 0 aliphatic heterocycles. The highest BCUT2D eigenvalue weighted by molar-refractivity contribution is 6.81. The van der Waals surface area contributed by atoms with Crippen LogP contribution in [-0.4, -0.2) is 8.07 Å².